The summed E-state index contributed by atoms with van der Waals surface area (Å²) in [5, 5.41) is 0. The van der Waals surface area contributed by atoms with Crippen molar-refractivity contribution in [2.75, 3.05) is 26.2 Å². The van der Waals surface area contributed by atoms with Crippen LogP contribution in [0.25, 0.3) is 0 Å². The normalized spacial score (nSPS) is 24.8. The highest BCUT2D eigenvalue weighted by Gasteiger charge is 2.26. The van der Waals surface area contributed by atoms with E-state index in [0.717, 1.165) is 32.2 Å². The van der Waals surface area contributed by atoms with Gasteiger partial charge in [0.2, 0.25) is 0 Å². The van der Waals surface area contributed by atoms with Gasteiger partial charge in [-0.15, -0.1) is 0 Å². The Balaban J connectivity index is 1.84. The molecule has 0 aromatic carbocycles. The average molecular weight is 252 g/mol. The summed E-state index contributed by atoms with van der Waals surface area (Å²) in [7, 11) is 0. The summed E-state index contributed by atoms with van der Waals surface area (Å²) in [6.45, 7) is 10.6. The van der Waals surface area contributed by atoms with Gasteiger partial charge in [-0.1, -0.05) is 12.8 Å². The van der Waals surface area contributed by atoms with Crippen molar-refractivity contribution in [3.05, 3.63) is 0 Å². The van der Waals surface area contributed by atoms with E-state index in [1.54, 1.807) is 0 Å². The molecule has 0 atom stereocenters. The molecule has 0 aromatic rings. The summed E-state index contributed by atoms with van der Waals surface area (Å²) in [5.41, 5.74) is 6.01. The molecule has 1 saturated carbocycles. The van der Waals surface area contributed by atoms with E-state index in [4.69, 9.17) is 5.73 Å². The molecule has 4 nitrogen and oxygen atoms in total. The van der Waals surface area contributed by atoms with Crippen LogP contribution in [0.4, 0.5) is 0 Å². The Morgan fingerprint density at radius 2 is 1.61 bits per heavy atom. The maximum Gasteiger partial charge on any atom is 0.191 e. The Morgan fingerprint density at radius 3 is 2.11 bits per heavy atom. The first-order chi connectivity index (χ1) is 8.46. The highest BCUT2D eigenvalue weighted by molar-refractivity contribution is 5.78. The summed E-state index contributed by atoms with van der Waals surface area (Å²) in [6.07, 6.45) is 5.62. The summed E-state index contributed by atoms with van der Waals surface area (Å²) >= 11 is 0. The van der Waals surface area contributed by atoms with Gasteiger partial charge in [-0.05, 0) is 33.6 Å². The zero-order valence-corrected chi connectivity index (χ0v) is 12.2. The second kappa shape index (κ2) is 5.47. The molecule has 4 heteroatoms. The third-order valence-corrected chi connectivity index (χ3v) is 3.93. The Bertz CT molecular complexity index is 291. The maximum absolute atomic E-state index is 6.09. The molecule has 1 aliphatic carbocycles. The zero-order valence-electron chi connectivity index (χ0n) is 12.2. The number of nitrogens with zero attached hydrogens (tertiary/aromatic N) is 3. The Labute approximate surface area is 111 Å². The van der Waals surface area contributed by atoms with Crippen LogP contribution >= 0.6 is 0 Å². The van der Waals surface area contributed by atoms with Crippen molar-refractivity contribution in [3.63, 3.8) is 0 Å². The van der Waals surface area contributed by atoms with Gasteiger partial charge in [0.15, 0.2) is 5.96 Å². The fourth-order valence-electron chi connectivity index (χ4n) is 3.00. The van der Waals surface area contributed by atoms with E-state index in [-0.39, 0.29) is 5.54 Å². The minimum atomic E-state index is -0.0767. The summed E-state index contributed by atoms with van der Waals surface area (Å²) in [6, 6.07) is 0.841. The number of piperazine rings is 1. The smallest absolute Gasteiger partial charge is 0.191 e. The van der Waals surface area contributed by atoms with Gasteiger partial charge >= 0.3 is 0 Å². The molecule has 0 bridgehead atoms. The van der Waals surface area contributed by atoms with Crippen molar-refractivity contribution in [3.8, 4) is 0 Å². The number of hydrogen-bond donors (Lipinski definition) is 1. The number of hydrogen-bond acceptors (Lipinski definition) is 2. The lowest BCUT2D eigenvalue weighted by Crippen LogP contribution is -2.53. The average Bonchev–Trinajstić information content (AvgIpc) is 2.80. The first-order valence-corrected chi connectivity index (χ1v) is 7.30. The molecule has 0 spiro atoms. The minimum Gasteiger partial charge on any atom is -0.370 e. The lowest BCUT2D eigenvalue weighted by Gasteiger charge is -2.38. The van der Waals surface area contributed by atoms with Crippen LogP contribution in [-0.2, 0) is 0 Å². The third-order valence-electron chi connectivity index (χ3n) is 3.93. The Hall–Kier alpha value is -0.770. The molecule has 18 heavy (non-hydrogen) atoms. The highest BCUT2D eigenvalue weighted by Crippen LogP contribution is 2.24. The lowest BCUT2D eigenvalue weighted by atomic mass is 10.1. The van der Waals surface area contributed by atoms with Gasteiger partial charge in [0.25, 0.3) is 0 Å². The van der Waals surface area contributed by atoms with E-state index in [1.807, 2.05) is 0 Å². The first kappa shape index (κ1) is 13.7. The van der Waals surface area contributed by atoms with Gasteiger partial charge in [0.05, 0.1) is 5.54 Å². The molecule has 2 aliphatic rings. The van der Waals surface area contributed by atoms with E-state index in [2.05, 4.69) is 35.6 Å². The second-order valence-corrected chi connectivity index (χ2v) is 6.60. The summed E-state index contributed by atoms with van der Waals surface area (Å²) in [4.78, 5) is 9.44. The van der Waals surface area contributed by atoms with Crippen LogP contribution in [0.2, 0.25) is 0 Å². The van der Waals surface area contributed by atoms with E-state index >= 15 is 0 Å². The van der Waals surface area contributed by atoms with Crippen LogP contribution < -0.4 is 5.73 Å². The SMILES string of the molecule is CC(C)(C)N=C(N)N1CCN(C2CCCC2)CC1. The predicted octanol–water partition coefficient (Wildman–Crippen LogP) is 1.66. The van der Waals surface area contributed by atoms with Crippen LogP contribution in [0, 0.1) is 0 Å². The fourth-order valence-corrected chi connectivity index (χ4v) is 3.00. The molecular formula is C14H28N4. The summed E-state index contributed by atoms with van der Waals surface area (Å²) < 4.78 is 0. The van der Waals surface area contributed by atoms with Gasteiger partial charge < -0.3 is 10.6 Å². The van der Waals surface area contributed by atoms with Crippen molar-refractivity contribution in [2.24, 2.45) is 10.7 Å². The van der Waals surface area contributed by atoms with Crippen LogP contribution in [0.3, 0.4) is 0 Å². The first-order valence-electron chi connectivity index (χ1n) is 7.30. The topological polar surface area (TPSA) is 44.9 Å². The van der Waals surface area contributed by atoms with E-state index in [9.17, 15) is 0 Å². The van der Waals surface area contributed by atoms with Gasteiger partial charge in [-0.3, -0.25) is 4.90 Å². The predicted molar refractivity (Wildman–Crippen MR) is 76.8 cm³/mol. The molecule has 1 heterocycles. The number of guanidine groups is 1. The van der Waals surface area contributed by atoms with Crippen molar-refractivity contribution in [1.29, 1.82) is 0 Å². The molecule has 0 aromatic heterocycles. The number of rotatable bonds is 1. The van der Waals surface area contributed by atoms with Crippen LogP contribution in [0.1, 0.15) is 46.5 Å². The van der Waals surface area contributed by atoms with Crippen molar-refractivity contribution in [1.82, 2.24) is 9.80 Å². The van der Waals surface area contributed by atoms with Crippen molar-refractivity contribution < 1.29 is 0 Å². The van der Waals surface area contributed by atoms with E-state index < -0.39 is 0 Å². The van der Waals surface area contributed by atoms with Gasteiger partial charge in [0, 0.05) is 32.2 Å². The molecule has 2 rings (SSSR count). The van der Waals surface area contributed by atoms with Gasteiger partial charge in [0.1, 0.15) is 0 Å². The summed E-state index contributed by atoms with van der Waals surface area (Å²) in [5.74, 6) is 0.716. The van der Waals surface area contributed by atoms with Crippen LogP contribution in [-0.4, -0.2) is 53.5 Å². The number of nitrogens with two attached hydrogens (primary N) is 1. The lowest BCUT2D eigenvalue weighted by molar-refractivity contribution is 0.133. The minimum absolute atomic E-state index is 0.0767. The Kier molecular flexibility index (Phi) is 4.15. The van der Waals surface area contributed by atoms with Crippen LogP contribution in [0.5, 0.6) is 0 Å². The number of aliphatic imine (C=N–C) groups is 1. The standard InChI is InChI=1S/C14H28N4/c1-14(2,3)16-13(15)18-10-8-17(9-11-18)12-6-4-5-7-12/h12H,4-11H2,1-3H3,(H2,15,16). The molecule has 1 aliphatic heterocycles. The van der Waals surface area contributed by atoms with Crippen molar-refractivity contribution >= 4 is 5.96 Å². The second-order valence-electron chi connectivity index (χ2n) is 6.60. The monoisotopic (exact) mass is 252 g/mol. The van der Waals surface area contributed by atoms with E-state index in [0.29, 0.717) is 5.96 Å². The molecule has 0 unspecified atom stereocenters. The molecule has 104 valence electrons. The zero-order chi connectivity index (χ0) is 13.2. The molecule has 2 N–H and O–H groups in total. The van der Waals surface area contributed by atoms with Crippen LogP contribution in [0.15, 0.2) is 4.99 Å². The quantitative estimate of drug-likeness (QED) is 0.570. The fraction of sp³-hybridized carbons (Fsp3) is 0.929. The largest absolute Gasteiger partial charge is 0.370 e. The molecule has 2 fully saturated rings. The maximum atomic E-state index is 6.09. The van der Waals surface area contributed by atoms with Crippen molar-refractivity contribution in [2.45, 2.75) is 58.0 Å². The molecule has 1 saturated heterocycles. The van der Waals surface area contributed by atoms with Gasteiger partial charge in [-0.25, -0.2) is 4.99 Å². The van der Waals surface area contributed by atoms with Gasteiger partial charge in [-0.2, -0.15) is 0 Å². The molecule has 0 radical (unpaired) electrons. The molecule has 0 amide bonds. The molecular weight excluding hydrogens is 224 g/mol. The highest BCUT2D eigenvalue weighted by atomic mass is 15.3. The van der Waals surface area contributed by atoms with E-state index in [1.165, 1.54) is 25.7 Å². The Morgan fingerprint density at radius 1 is 1.06 bits per heavy atom. The third kappa shape index (κ3) is 3.61.